The second-order valence-corrected chi connectivity index (χ2v) is 6.92. The molecule has 9 nitrogen and oxygen atoms in total. The molecule has 0 bridgehead atoms. The van der Waals surface area contributed by atoms with E-state index >= 15 is 0 Å². The predicted octanol–water partition coefficient (Wildman–Crippen LogP) is 8.66. The molecule has 0 fully saturated rings. The van der Waals surface area contributed by atoms with Gasteiger partial charge < -0.3 is 28.4 Å². The van der Waals surface area contributed by atoms with Gasteiger partial charge >= 0.3 is 17.9 Å². The fraction of sp³-hybridized carbons (Fsp3) is 0.727. The van der Waals surface area contributed by atoms with Crippen LogP contribution in [0.4, 0.5) is 0 Å². The predicted molar refractivity (Wildman–Crippen MR) is 183 cm³/mol. The van der Waals surface area contributed by atoms with Gasteiger partial charge in [0.2, 0.25) is 0 Å². The summed E-state index contributed by atoms with van der Waals surface area (Å²) in [4.78, 5) is 34.8. The summed E-state index contributed by atoms with van der Waals surface area (Å²) in [5, 5.41) is 0. The third-order valence-corrected chi connectivity index (χ3v) is 4.35. The Hall–Kier alpha value is -2.49. The van der Waals surface area contributed by atoms with E-state index in [0.717, 1.165) is 0 Å². The van der Waals surface area contributed by atoms with Crippen molar-refractivity contribution in [3.05, 3.63) is 36.5 Å². The van der Waals surface area contributed by atoms with Crippen molar-refractivity contribution in [2.45, 2.75) is 113 Å². The van der Waals surface area contributed by atoms with Crippen LogP contribution in [-0.4, -0.2) is 76.9 Å². The van der Waals surface area contributed by atoms with Gasteiger partial charge in [0.05, 0.1) is 33.0 Å². The molecule has 0 saturated carbocycles. The Kier molecular flexibility index (Phi) is 68.8. The van der Waals surface area contributed by atoms with Gasteiger partial charge in [-0.15, -0.1) is 0 Å². The topological polar surface area (TPSA) is 107 Å². The van der Waals surface area contributed by atoms with Crippen molar-refractivity contribution in [2.75, 3.05) is 52.9 Å². The second-order valence-electron chi connectivity index (χ2n) is 6.92. The molecule has 0 aromatic rings. The standard InChI is InChI=1S/C24H38O9.9CH4/c1-7-18(4)22(25)31-12-10-28-16-21(30-14-15-33-24(27)20(6)9-3)17-29-11-13-32-23(26)19(5)8-2;;;;;;;;;/h21H,4-17H2,1-3H3;9*1H4. The van der Waals surface area contributed by atoms with E-state index in [1.54, 1.807) is 0 Å². The maximum atomic E-state index is 11.6. The minimum atomic E-state index is -0.472. The summed E-state index contributed by atoms with van der Waals surface area (Å²) in [7, 11) is 0. The van der Waals surface area contributed by atoms with Gasteiger partial charge in [0.1, 0.15) is 25.9 Å². The van der Waals surface area contributed by atoms with Crippen LogP contribution < -0.4 is 0 Å². The molecule has 0 saturated heterocycles. The molecule has 0 amide bonds. The Morgan fingerprint density at radius 1 is 0.476 bits per heavy atom. The zero-order chi connectivity index (χ0) is 25.1. The maximum absolute atomic E-state index is 11.6. The van der Waals surface area contributed by atoms with E-state index in [-0.39, 0.29) is 120 Å². The van der Waals surface area contributed by atoms with E-state index in [1.165, 1.54) is 0 Å². The number of hydrogen-bond donors (Lipinski definition) is 0. The summed E-state index contributed by atoms with van der Waals surface area (Å²) < 4.78 is 31.8. The largest absolute Gasteiger partial charge is 0.460 e. The van der Waals surface area contributed by atoms with Crippen molar-refractivity contribution in [3.63, 3.8) is 0 Å². The minimum absolute atomic E-state index is 0. The lowest BCUT2D eigenvalue weighted by atomic mass is 10.2. The molecule has 0 atom stereocenters. The number of hydrogen-bond acceptors (Lipinski definition) is 9. The van der Waals surface area contributed by atoms with Gasteiger partial charge in [-0.25, -0.2) is 14.4 Å². The summed E-state index contributed by atoms with van der Waals surface area (Å²) in [5.74, 6) is -1.36. The number of rotatable bonds is 20. The highest BCUT2D eigenvalue weighted by Crippen LogP contribution is 2.03. The van der Waals surface area contributed by atoms with Crippen molar-refractivity contribution in [1.82, 2.24) is 0 Å². The van der Waals surface area contributed by atoms with Gasteiger partial charge in [-0.1, -0.05) is 107 Å². The molecule has 0 aliphatic carbocycles. The smallest absolute Gasteiger partial charge is 0.333 e. The van der Waals surface area contributed by atoms with E-state index in [1.807, 2.05) is 20.8 Å². The van der Waals surface area contributed by atoms with Crippen LogP contribution in [0.5, 0.6) is 0 Å². The van der Waals surface area contributed by atoms with E-state index in [2.05, 4.69) is 19.7 Å². The molecule has 0 aromatic carbocycles. The van der Waals surface area contributed by atoms with Gasteiger partial charge in [-0.3, -0.25) is 0 Å². The lowest BCUT2D eigenvalue weighted by molar-refractivity contribution is -0.145. The molecule has 0 heterocycles. The average molecular weight is 615 g/mol. The van der Waals surface area contributed by atoms with Gasteiger partial charge in [0, 0.05) is 16.7 Å². The molecule has 0 rings (SSSR count). The highest BCUT2D eigenvalue weighted by Gasteiger charge is 2.13. The molecule has 0 aromatic heterocycles. The Labute approximate surface area is 263 Å². The molecule has 0 N–H and O–H groups in total. The van der Waals surface area contributed by atoms with Crippen LogP contribution in [0.25, 0.3) is 0 Å². The number of ether oxygens (including phenoxy) is 6. The third-order valence-electron chi connectivity index (χ3n) is 4.35. The molecule has 0 unspecified atom stereocenters. The molecule has 0 aliphatic heterocycles. The zero-order valence-electron chi connectivity index (χ0n) is 20.2. The summed E-state index contributed by atoms with van der Waals surface area (Å²) in [6.07, 6.45) is 1.08. The van der Waals surface area contributed by atoms with E-state index in [9.17, 15) is 14.4 Å². The SMILES string of the molecule is C.C.C.C.C.C.C.C.C.C=C(CC)C(=O)OCCOCC(COCCOC(=O)C(=C)CC)OCCOC(=O)C(=C)CC. The summed E-state index contributed by atoms with van der Waals surface area (Å²) >= 11 is 0. The van der Waals surface area contributed by atoms with Gasteiger partial charge in [0.15, 0.2) is 0 Å². The summed E-state index contributed by atoms with van der Waals surface area (Å²) in [6, 6.07) is 0. The van der Waals surface area contributed by atoms with E-state index in [4.69, 9.17) is 28.4 Å². The van der Waals surface area contributed by atoms with Crippen LogP contribution >= 0.6 is 0 Å². The van der Waals surface area contributed by atoms with Crippen molar-refractivity contribution in [3.8, 4) is 0 Å². The first kappa shape index (κ1) is 67.3. The lowest BCUT2D eigenvalue weighted by Crippen LogP contribution is -2.29. The quantitative estimate of drug-likeness (QED) is 0.0576. The van der Waals surface area contributed by atoms with Crippen LogP contribution in [0.3, 0.4) is 0 Å². The average Bonchev–Trinajstić information content (AvgIpc) is 2.83. The van der Waals surface area contributed by atoms with Crippen molar-refractivity contribution >= 4 is 17.9 Å². The fourth-order valence-corrected chi connectivity index (χ4v) is 2.05. The van der Waals surface area contributed by atoms with Gasteiger partial charge in [-0.05, 0) is 19.3 Å². The highest BCUT2D eigenvalue weighted by molar-refractivity contribution is 5.88. The number of carbonyl (C=O) groups excluding carboxylic acids is 3. The molecule has 0 aliphatic rings. The van der Waals surface area contributed by atoms with Crippen molar-refractivity contribution in [2.24, 2.45) is 0 Å². The molecule has 0 radical (unpaired) electrons. The first-order valence-corrected chi connectivity index (χ1v) is 11.1. The zero-order valence-corrected chi connectivity index (χ0v) is 20.2. The lowest BCUT2D eigenvalue weighted by Gasteiger charge is -2.18. The van der Waals surface area contributed by atoms with Crippen LogP contribution in [0.2, 0.25) is 0 Å². The normalized spacial score (nSPS) is 8.29. The Balaban J connectivity index is -0.000000142. The number of esters is 3. The third kappa shape index (κ3) is 33.7. The van der Waals surface area contributed by atoms with Crippen LogP contribution in [-0.2, 0) is 42.8 Å². The Morgan fingerprint density at radius 3 is 1.00 bits per heavy atom. The molecule has 260 valence electrons. The fourth-order valence-electron chi connectivity index (χ4n) is 2.05. The van der Waals surface area contributed by atoms with E-state index < -0.39 is 24.0 Å². The molecular formula is C33H74O9. The van der Waals surface area contributed by atoms with Gasteiger partial charge in [0.25, 0.3) is 0 Å². The van der Waals surface area contributed by atoms with Gasteiger partial charge in [-0.2, -0.15) is 0 Å². The highest BCUT2D eigenvalue weighted by atomic mass is 16.6. The molecule has 42 heavy (non-hydrogen) atoms. The summed E-state index contributed by atoms with van der Waals surface area (Å²) in [5.41, 5.74) is 1.18. The summed E-state index contributed by atoms with van der Waals surface area (Å²) in [6.45, 7) is 17.3. The monoisotopic (exact) mass is 615 g/mol. The van der Waals surface area contributed by atoms with E-state index in [0.29, 0.717) is 36.0 Å². The van der Waals surface area contributed by atoms with Crippen molar-refractivity contribution < 1.29 is 42.8 Å². The Bertz CT molecular complexity index is 620. The Morgan fingerprint density at radius 2 is 0.738 bits per heavy atom. The maximum Gasteiger partial charge on any atom is 0.333 e. The molecule has 0 spiro atoms. The van der Waals surface area contributed by atoms with Crippen molar-refractivity contribution in [1.29, 1.82) is 0 Å². The molecular weight excluding hydrogens is 540 g/mol. The minimum Gasteiger partial charge on any atom is -0.460 e. The molecule has 9 heteroatoms. The number of carbonyl (C=O) groups is 3. The van der Waals surface area contributed by atoms with Crippen LogP contribution in [0.15, 0.2) is 36.5 Å². The van der Waals surface area contributed by atoms with Crippen LogP contribution in [0.1, 0.15) is 107 Å². The first-order chi connectivity index (χ1) is 15.8. The second kappa shape index (κ2) is 43.0. The van der Waals surface area contributed by atoms with Crippen LogP contribution in [0, 0.1) is 0 Å². The first-order valence-electron chi connectivity index (χ1n) is 11.1.